The van der Waals surface area contributed by atoms with E-state index < -0.39 is 0 Å². The number of thioether (sulfide) groups is 1. The Bertz CT molecular complexity index is 610. The number of hydrogen-bond donors (Lipinski definition) is 0. The molecule has 3 rings (SSSR count). The Morgan fingerprint density at radius 1 is 1.38 bits per heavy atom. The Morgan fingerprint density at radius 2 is 2.14 bits per heavy atom. The summed E-state index contributed by atoms with van der Waals surface area (Å²) in [5.41, 5.74) is 1.29. The fourth-order valence-corrected chi connectivity index (χ4v) is 3.89. The first-order chi connectivity index (χ1) is 9.93. The summed E-state index contributed by atoms with van der Waals surface area (Å²) in [5, 5.41) is 7.62. The van der Waals surface area contributed by atoms with Gasteiger partial charge >= 0.3 is 0 Å². The third kappa shape index (κ3) is 3.66. The van der Waals surface area contributed by atoms with Crippen LogP contribution < -0.4 is 0 Å². The second kappa shape index (κ2) is 5.72. The summed E-state index contributed by atoms with van der Waals surface area (Å²) in [6.45, 7) is 8.70. The largest absolute Gasteiger partial charge is 0.338 e. The molecule has 0 N–H and O–H groups in total. The van der Waals surface area contributed by atoms with E-state index >= 15 is 0 Å². The molecule has 1 aliphatic carbocycles. The zero-order valence-electron chi connectivity index (χ0n) is 12.9. The predicted molar refractivity (Wildman–Crippen MR) is 86.8 cm³/mol. The molecule has 1 aliphatic rings. The fourth-order valence-electron chi connectivity index (χ4n) is 1.91. The van der Waals surface area contributed by atoms with Gasteiger partial charge in [0.1, 0.15) is 5.01 Å². The first-order valence-electron chi connectivity index (χ1n) is 7.33. The Hall–Kier alpha value is -0.880. The molecule has 21 heavy (non-hydrogen) atoms. The lowest BCUT2D eigenvalue weighted by Gasteiger charge is -2.14. The molecule has 0 aliphatic heterocycles. The van der Waals surface area contributed by atoms with Gasteiger partial charge in [0.15, 0.2) is 5.82 Å². The lowest BCUT2D eigenvalue weighted by atomic mass is 9.93. The first-order valence-corrected chi connectivity index (χ1v) is 9.26. The first kappa shape index (κ1) is 15.0. The van der Waals surface area contributed by atoms with Crippen LogP contribution in [0.4, 0.5) is 0 Å². The molecule has 0 amide bonds. The van der Waals surface area contributed by atoms with Crippen molar-refractivity contribution in [3.05, 3.63) is 27.8 Å². The van der Waals surface area contributed by atoms with Crippen LogP contribution in [0.2, 0.25) is 0 Å². The van der Waals surface area contributed by atoms with E-state index in [1.165, 1.54) is 23.5 Å². The number of hydrogen-bond acceptors (Lipinski definition) is 6. The van der Waals surface area contributed by atoms with Crippen LogP contribution in [0.1, 0.15) is 74.1 Å². The van der Waals surface area contributed by atoms with E-state index in [-0.39, 0.29) is 10.7 Å². The molecule has 1 fully saturated rings. The molecule has 114 valence electrons. The number of nitrogens with zero attached hydrogens (tertiary/aromatic N) is 3. The highest BCUT2D eigenvalue weighted by molar-refractivity contribution is 7.98. The van der Waals surface area contributed by atoms with Gasteiger partial charge < -0.3 is 4.52 Å². The molecule has 2 aromatic heterocycles. The Balaban J connectivity index is 1.57. The summed E-state index contributed by atoms with van der Waals surface area (Å²) >= 11 is 3.54. The summed E-state index contributed by atoms with van der Waals surface area (Å²) in [5.74, 6) is 3.08. The van der Waals surface area contributed by atoms with E-state index in [0.29, 0.717) is 5.92 Å². The van der Waals surface area contributed by atoms with Crippen molar-refractivity contribution in [1.29, 1.82) is 0 Å². The van der Waals surface area contributed by atoms with Gasteiger partial charge in [-0.15, -0.1) is 23.1 Å². The molecule has 0 aromatic carbocycles. The molecule has 0 spiro atoms. The number of thiazole rings is 1. The minimum Gasteiger partial charge on any atom is -0.338 e. The minimum absolute atomic E-state index is 0.122. The lowest BCUT2D eigenvalue weighted by molar-refractivity contribution is 0.375. The SMILES string of the molecule is C[C@H](SCc1nc(C(C)(C)C)cs1)c1nc(C2CC2)no1. The van der Waals surface area contributed by atoms with Crippen molar-refractivity contribution in [2.75, 3.05) is 0 Å². The molecular weight excluding hydrogens is 302 g/mol. The minimum atomic E-state index is 0.122. The number of rotatable bonds is 5. The molecule has 0 unspecified atom stereocenters. The van der Waals surface area contributed by atoms with E-state index in [2.05, 4.69) is 43.2 Å². The van der Waals surface area contributed by atoms with Crippen LogP contribution in [0, 0.1) is 0 Å². The van der Waals surface area contributed by atoms with Crippen LogP contribution in [-0.4, -0.2) is 15.1 Å². The summed E-state index contributed by atoms with van der Waals surface area (Å²) < 4.78 is 5.38. The normalized spacial score (nSPS) is 17.1. The van der Waals surface area contributed by atoms with E-state index in [4.69, 9.17) is 9.51 Å². The molecule has 1 saturated carbocycles. The van der Waals surface area contributed by atoms with Crippen molar-refractivity contribution in [3.8, 4) is 0 Å². The van der Waals surface area contributed by atoms with Crippen molar-refractivity contribution in [3.63, 3.8) is 0 Å². The Kier molecular flexibility index (Phi) is 4.10. The molecule has 0 bridgehead atoms. The van der Waals surface area contributed by atoms with E-state index in [1.807, 2.05) is 0 Å². The van der Waals surface area contributed by atoms with Crippen LogP contribution >= 0.6 is 23.1 Å². The average molecular weight is 323 g/mol. The van der Waals surface area contributed by atoms with Gasteiger partial charge in [0.05, 0.1) is 10.9 Å². The quantitative estimate of drug-likeness (QED) is 0.798. The smallest absolute Gasteiger partial charge is 0.239 e. The Morgan fingerprint density at radius 3 is 2.76 bits per heavy atom. The third-order valence-corrected chi connectivity index (χ3v) is 5.70. The Labute approximate surface area is 133 Å². The van der Waals surface area contributed by atoms with Gasteiger partial charge in [-0.05, 0) is 19.8 Å². The molecular formula is C15H21N3OS2. The molecule has 0 saturated heterocycles. The topological polar surface area (TPSA) is 51.8 Å². The van der Waals surface area contributed by atoms with Gasteiger partial charge in [0.2, 0.25) is 5.89 Å². The van der Waals surface area contributed by atoms with Gasteiger partial charge in [-0.3, -0.25) is 0 Å². The summed E-state index contributed by atoms with van der Waals surface area (Å²) in [6, 6.07) is 0. The van der Waals surface area contributed by atoms with Gasteiger partial charge in [-0.1, -0.05) is 25.9 Å². The number of aromatic nitrogens is 3. The van der Waals surface area contributed by atoms with Crippen molar-refractivity contribution in [2.24, 2.45) is 0 Å². The summed E-state index contributed by atoms with van der Waals surface area (Å²) in [7, 11) is 0. The van der Waals surface area contributed by atoms with Gasteiger partial charge in [0, 0.05) is 22.5 Å². The maximum absolute atomic E-state index is 5.38. The van der Waals surface area contributed by atoms with Crippen molar-refractivity contribution >= 4 is 23.1 Å². The zero-order valence-corrected chi connectivity index (χ0v) is 14.6. The van der Waals surface area contributed by atoms with E-state index in [1.54, 1.807) is 23.1 Å². The highest BCUT2D eigenvalue weighted by Crippen LogP contribution is 2.39. The highest BCUT2D eigenvalue weighted by Gasteiger charge is 2.29. The summed E-state index contributed by atoms with van der Waals surface area (Å²) in [4.78, 5) is 9.23. The fraction of sp³-hybridized carbons (Fsp3) is 0.667. The second-order valence-electron chi connectivity index (χ2n) is 6.59. The monoisotopic (exact) mass is 323 g/mol. The lowest BCUT2D eigenvalue weighted by Crippen LogP contribution is -2.11. The maximum Gasteiger partial charge on any atom is 0.239 e. The molecule has 6 heteroatoms. The van der Waals surface area contributed by atoms with Crippen molar-refractivity contribution < 1.29 is 4.52 Å². The molecule has 2 aromatic rings. The van der Waals surface area contributed by atoms with Gasteiger partial charge in [-0.2, -0.15) is 4.98 Å². The van der Waals surface area contributed by atoms with Crippen LogP contribution in [0.15, 0.2) is 9.90 Å². The predicted octanol–water partition coefficient (Wildman–Crippen LogP) is 4.70. The zero-order chi connectivity index (χ0) is 15.0. The molecule has 4 nitrogen and oxygen atoms in total. The molecule has 1 atom stereocenters. The molecule has 2 heterocycles. The van der Waals surface area contributed by atoms with Crippen LogP contribution in [0.3, 0.4) is 0 Å². The second-order valence-corrected chi connectivity index (χ2v) is 8.87. The standard InChI is InChI=1S/C15H21N3OS2/c1-9(14-17-13(18-19-14)10-5-6-10)20-8-12-16-11(7-21-12)15(2,3)4/h7,9-10H,5-6,8H2,1-4H3/t9-/m0/s1. The van der Waals surface area contributed by atoms with Crippen molar-refractivity contribution in [1.82, 2.24) is 15.1 Å². The highest BCUT2D eigenvalue weighted by atomic mass is 32.2. The van der Waals surface area contributed by atoms with Gasteiger partial charge in [0.25, 0.3) is 0 Å². The van der Waals surface area contributed by atoms with E-state index in [0.717, 1.165) is 17.5 Å². The van der Waals surface area contributed by atoms with Crippen LogP contribution in [0.25, 0.3) is 0 Å². The van der Waals surface area contributed by atoms with Gasteiger partial charge in [-0.25, -0.2) is 4.98 Å². The van der Waals surface area contributed by atoms with Crippen molar-refractivity contribution in [2.45, 2.75) is 62.9 Å². The third-order valence-electron chi connectivity index (χ3n) is 3.52. The average Bonchev–Trinajstić information content (AvgIpc) is 2.97. The van der Waals surface area contributed by atoms with Crippen LogP contribution in [0.5, 0.6) is 0 Å². The maximum atomic E-state index is 5.38. The van der Waals surface area contributed by atoms with Crippen LogP contribution in [-0.2, 0) is 11.2 Å². The molecule has 0 radical (unpaired) electrons. The summed E-state index contributed by atoms with van der Waals surface area (Å²) in [6.07, 6.45) is 2.41. The van der Waals surface area contributed by atoms with E-state index in [9.17, 15) is 0 Å².